The number of aliphatic hydroxyl groups is 1. The molecule has 0 radical (unpaired) electrons. The van der Waals surface area contributed by atoms with Crippen LogP contribution in [0.5, 0.6) is 0 Å². The molecule has 1 aromatic heterocycles. The second-order valence-electron chi connectivity index (χ2n) is 3.98. The SMILES string of the molecule is COCCN(CCO)c1ccc([N+](=O)[O-])c(/C(N)=N/O)n1. The number of nitro groups is 1. The molecular weight excluding hydrogens is 282 g/mol. The zero-order valence-electron chi connectivity index (χ0n) is 11.5. The normalized spacial score (nSPS) is 11.4. The van der Waals surface area contributed by atoms with Crippen LogP contribution < -0.4 is 10.6 Å². The lowest BCUT2D eigenvalue weighted by Crippen LogP contribution is -2.31. The molecular formula is C11H17N5O5. The van der Waals surface area contributed by atoms with Gasteiger partial charge in [0.25, 0.3) is 5.69 Å². The lowest BCUT2D eigenvalue weighted by molar-refractivity contribution is -0.385. The Morgan fingerprint density at radius 3 is 2.81 bits per heavy atom. The predicted molar refractivity (Wildman–Crippen MR) is 74.6 cm³/mol. The van der Waals surface area contributed by atoms with Gasteiger partial charge in [0.05, 0.1) is 18.1 Å². The van der Waals surface area contributed by atoms with E-state index in [4.69, 9.17) is 20.8 Å². The number of anilines is 1. The number of aromatic nitrogens is 1. The quantitative estimate of drug-likeness (QED) is 0.192. The third-order valence-corrected chi connectivity index (χ3v) is 2.67. The van der Waals surface area contributed by atoms with Crippen molar-refractivity contribution in [2.45, 2.75) is 0 Å². The smallest absolute Gasteiger partial charge is 0.298 e. The standard InChI is InChI=1S/C11H17N5O5/c1-21-7-5-15(4-6-17)9-3-2-8(16(19)20)10(13-9)11(12)14-18/h2-3,17-18H,4-7H2,1H3,(H2,12,14). The van der Waals surface area contributed by atoms with Crippen LogP contribution in [0, 0.1) is 10.1 Å². The van der Waals surface area contributed by atoms with E-state index in [9.17, 15) is 10.1 Å². The van der Waals surface area contributed by atoms with Gasteiger partial charge in [-0.15, -0.1) is 0 Å². The van der Waals surface area contributed by atoms with Crippen molar-refractivity contribution in [2.24, 2.45) is 10.9 Å². The zero-order chi connectivity index (χ0) is 15.8. The third-order valence-electron chi connectivity index (χ3n) is 2.67. The molecule has 0 saturated carbocycles. The van der Waals surface area contributed by atoms with Crippen LogP contribution in [-0.2, 0) is 4.74 Å². The van der Waals surface area contributed by atoms with E-state index in [0.29, 0.717) is 19.0 Å². The highest BCUT2D eigenvalue weighted by atomic mass is 16.6. The maximum absolute atomic E-state index is 10.9. The maximum atomic E-state index is 10.9. The van der Waals surface area contributed by atoms with E-state index in [1.165, 1.54) is 19.2 Å². The molecule has 10 nitrogen and oxygen atoms in total. The van der Waals surface area contributed by atoms with Gasteiger partial charge in [-0.05, 0) is 6.07 Å². The molecule has 0 atom stereocenters. The fourth-order valence-corrected chi connectivity index (χ4v) is 1.66. The van der Waals surface area contributed by atoms with Crippen molar-refractivity contribution in [2.75, 3.05) is 38.3 Å². The molecule has 0 saturated heterocycles. The summed E-state index contributed by atoms with van der Waals surface area (Å²) in [4.78, 5) is 16.0. The van der Waals surface area contributed by atoms with Crippen LogP contribution in [0.3, 0.4) is 0 Å². The third kappa shape index (κ3) is 4.26. The Morgan fingerprint density at radius 1 is 1.57 bits per heavy atom. The molecule has 0 aliphatic heterocycles. The van der Waals surface area contributed by atoms with Gasteiger partial charge >= 0.3 is 0 Å². The Kier molecular flexibility index (Phi) is 6.30. The first kappa shape index (κ1) is 16.6. The number of ether oxygens (including phenoxy) is 1. The molecule has 0 aliphatic rings. The lowest BCUT2D eigenvalue weighted by atomic mass is 10.2. The van der Waals surface area contributed by atoms with Crippen molar-refractivity contribution in [3.63, 3.8) is 0 Å². The Morgan fingerprint density at radius 2 is 2.29 bits per heavy atom. The lowest BCUT2D eigenvalue weighted by Gasteiger charge is -2.22. The number of aliphatic hydroxyl groups excluding tert-OH is 1. The molecule has 10 heteroatoms. The Labute approximate surface area is 120 Å². The number of nitrogens with zero attached hydrogens (tertiary/aromatic N) is 4. The van der Waals surface area contributed by atoms with E-state index < -0.39 is 10.8 Å². The summed E-state index contributed by atoms with van der Waals surface area (Å²) in [5.74, 6) is -0.104. The van der Waals surface area contributed by atoms with Gasteiger partial charge in [-0.25, -0.2) is 4.98 Å². The van der Waals surface area contributed by atoms with E-state index >= 15 is 0 Å². The summed E-state index contributed by atoms with van der Waals surface area (Å²) in [6.07, 6.45) is 0. The zero-order valence-corrected chi connectivity index (χ0v) is 11.5. The topological polar surface area (TPSA) is 147 Å². The van der Waals surface area contributed by atoms with E-state index in [-0.39, 0.29) is 24.5 Å². The van der Waals surface area contributed by atoms with E-state index in [2.05, 4.69) is 10.1 Å². The maximum Gasteiger partial charge on any atom is 0.298 e. The van der Waals surface area contributed by atoms with Gasteiger partial charge in [0.15, 0.2) is 11.5 Å². The fourth-order valence-electron chi connectivity index (χ4n) is 1.66. The summed E-state index contributed by atoms with van der Waals surface area (Å²) in [6, 6.07) is 2.64. The summed E-state index contributed by atoms with van der Waals surface area (Å²) < 4.78 is 4.95. The van der Waals surface area contributed by atoms with Gasteiger partial charge in [-0.2, -0.15) is 0 Å². The van der Waals surface area contributed by atoms with Crippen molar-refractivity contribution in [1.29, 1.82) is 0 Å². The first-order valence-corrected chi connectivity index (χ1v) is 6.03. The summed E-state index contributed by atoms with van der Waals surface area (Å²) in [6.45, 7) is 0.958. The molecule has 21 heavy (non-hydrogen) atoms. The largest absolute Gasteiger partial charge is 0.409 e. The number of methoxy groups -OCH3 is 1. The van der Waals surface area contributed by atoms with Crippen molar-refractivity contribution < 1.29 is 20.0 Å². The highest BCUT2D eigenvalue weighted by Crippen LogP contribution is 2.21. The molecule has 0 fully saturated rings. The van der Waals surface area contributed by atoms with Crippen LogP contribution in [0.1, 0.15) is 5.69 Å². The summed E-state index contributed by atoms with van der Waals surface area (Å²) in [5.41, 5.74) is 4.81. The first-order valence-electron chi connectivity index (χ1n) is 6.03. The average Bonchev–Trinajstić information content (AvgIpc) is 2.49. The van der Waals surface area contributed by atoms with Gasteiger partial charge < -0.3 is 25.7 Å². The number of amidine groups is 1. The molecule has 0 spiro atoms. The molecule has 1 heterocycles. The number of pyridine rings is 1. The molecule has 0 amide bonds. The minimum atomic E-state index is -0.671. The monoisotopic (exact) mass is 299 g/mol. The van der Waals surface area contributed by atoms with E-state index in [1.54, 1.807) is 4.90 Å². The number of oxime groups is 1. The summed E-state index contributed by atoms with van der Waals surface area (Å²) in [5, 5.41) is 31.4. The van der Waals surface area contributed by atoms with Crippen molar-refractivity contribution >= 4 is 17.3 Å². The van der Waals surface area contributed by atoms with Crippen molar-refractivity contribution in [3.8, 4) is 0 Å². The molecule has 0 aromatic carbocycles. The summed E-state index contributed by atoms with van der Waals surface area (Å²) >= 11 is 0. The van der Waals surface area contributed by atoms with Crippen LogP contribution in [0.15, 0.2) is 17.3 Å². The average molecular weight is 299 g/mol. The first-order chi connectivity index (χ1) is 10.0. The van der Waals surface area contributed by atoms with Crippen LogP contribution in [0.4, 0.5) is 11.5 Å². The number of rotatable bonds is 8. The van der Waals surface area contributed by atoms with Crippen LogP contribution in [-0.4, -0.2) is 59.5 Å². The van der Waals surface area contributed by atoms with Gasteiger partial charge in [0.2, 0.25) is 0 Å². The van der Waals surface area contributed by atoms with Crippen LogP contribution in [0.2, 0.25) is 0 Å². The number of hydrogen-bond acceptors (Lipinski definition) is 8. The van der Waals surface area contributed by atoms with E-state index in [0.717, 1.165) is 0 Å². The van der Waals surface area contributed by atoms with Gasteiger partial charge in [-0.3, -0.25) is 10.1 Å². The van der Waals surface area contributed by atoms with Gasteiger partial charge in [0.1, 0.15) is 5.82 Å². The molecule has 0 aliphatic carbocycles. The van der Waals surface area contributed by atoms with Gasteiger partial charge in [-0.1, -0.05) is 5.16 Å². The predicted octanol–water partition coefficient (Wildman–Crippen LogP) is -0.471. The summed E-state index contributed by atoms with van der Waals surface area (Å²) in [7, 11) is 1.53. The molecule has 4 N–H and O–H groups in total. The molecule has 116 valence electrons. The second kappa shape index (κ2) is 7.97. The Balaban J connectivity index is 3.21. The minimum absolute atomic E-state index is 0.124. The van der Waals surface area contributed by atoms with Crippen LogP contribution >= 0.6 is 0 Å². The number of hydrogen-bond donors (Lipinski definition) is 3. The highest BCUT2D eigenvalue weighted by molar-refractivity contribution is 5.99. The highest BCUT2D eigenvalue weighted by Gasteiger charge is 2.21. The molecule has 1 aromatic rings. The second-order valence-corrected chi connectivity index (χ2v) is 3.98. The van der Waals surface area contributed by atoms with Crippen molar-refractivity contribution in [1.82, 2.24) is 4.98 Å². The van der Waals surface area contributed by atoms with Gasteiger partial charge in [0, 0.05) is 26.3 Å². The van der Waals surface area contributed by atoms with Crippen LogP contribution in [0.25, 0.3) is 0 Å². The Hall–Kier alpha value is -2.46. The number of nitrogens with two attached hydrogens (primary N) is 1. The van der Waals surface area contributed by atoms with E-state index in [1.807, 2.05) is 0 Å². The fraction of sp³-hybridized carbons (Fsp3) is 0.455. The molecule has 1 rings (SSSR count). The van der Waals surface area contributed by atoms with Crippen molar-refractivity contribution in [3.05, 3.63) is 27.9 Å². The molecule has 0 bridgehead atoms. The minimum Gasteiger partial charge on any atom is -0.409 e. The Bertz CT molecular complexity index is 522. The molecule has 0 unspecified atom stereocenters.